The first-order chi connectivity index (χ1) is 12.0. The smallest absolute Gasteiger partial charge is 0.328 e. The zero-order valence-electron chi connectivity index (χ0n) is 14.6. The van der Waals surface area contributed by atoms with E-state index in [-0.39, 0.29) is 0 Å². The fourth-order valence-electron chi connectivity index (χ4n) is 2.55. The van der Waals surface area contributed by atoms with Crippen LogP contribution in [-0.2, 0) is 11.2 Å². The third kappa shape index (κ3) is 6.46. The van der Waals surface area contributed by atoms with E-state index in [1.165, 1.54) is 11.0 Å². The average Bonchev–Trinajstić information content (AvgIpc) is 3.07. The Bertz CT molecular complexity index is 709. The van der Waals surface area contributed by atoms with Gasteiger partial charge >= 0.3 is 5.97 Å². The Morgan fingerprint density at radius 2 is 1.96 bits per heavy atom. The molecule has 5 heteroatoms. The van der Waals surface area contributed by atoms with E-state index in [9.17, 15) is 9.90 Å². The van der Waals surface area contributed by atoms with Gasteiger partial charge in [0.25, 0.3) is 0 Å². The van der Waals surface area contributed by atoms with Gasteiger partial charge in [-0.05, 0) is 50.0 Å². The van der Waals surface area contributed by atoms with Crippen molar-refractivity contribution in [2.24, 2.45) is 0 Å². The Balaban J connectivity index is 1.77. The van der Waals surface area contributed by atoms with Crippen LogP contribution in [0.3, 0.4) is 0 Å². The first-order valence-electron chi connectivity index (χ1n) is 8.42. The van der Waals surface area contributed by atoms with Crippen molar-refractivity contribution in [1.82, 2.24) is 5.32 Å². The van der Waals surface area contributed by atoms with Crippen LogP contribution in [-0.4, -0.2) is 28.8 Å². The van der Waals surface area contributed by atoms with Crippen molar-refractivity contribution in [3.63, 3.8) is 0 Å². The molecule has 0 amide bonds. The monoisotopic (exact) mass is 359 g/mol. The molecule has 0 saturated carbocycles. The lowest BCUT2D eigenvalue weighted by molar-refractivity contribution is -0.131. The second kappa shape index (κ2) is 9.51. The van der Waals surface area contributed by atoms with Crippen LogP contribution in [0.5, 0.6) is 0 Å². The number of nitrogens with one attached hydrogen (secondary N) is 1. The predicted octanol–water partition coefficient (Wildman–Crippen LogP) is 3.88. The van der Waals surface area contributed by atoms with Crippen LogP contribution in [0.2, 0.25) is 0 Å². The van der Waals surface area contributed by atoms with Gasteiger partial charge in [-0.25, -0.2) is 4.79 Å². The van der Waals surface area contributed by atoms with Crippen molar-refractivity contribution < 1.29 is 15.0 Å². The minimum atomic E-state index is -0.915. The molecule has 1 heterocycles. The zero-order valence-corrected chi connectivity index (χ0v) is 15.4. The van der Waals surface area contributed by atoms with Gasteiger partial charge in [-0.2, -0.15) is 0 Å². The number of thiophene rings is 1. The SMILES string of the molecule is C/C(=C\C(=O)O)c1ccc(CC[C@@H](C)NC[C@H](O)c2ccccc2)s1. The molecule has 0 saturated heterocycles. The highest BCUT2D eigenvalue weighted by Gasteiger charge is 2.10. The maximum atomic E-state index is 10.7. The molecule has 25 heavy (non-hydrogen) atoms. The molecule has 0 aliphatic heterocycles. The van der Waals surface area contributed by atoms with Gasteiger partial charge in [-0.1, -0.05) is 30.3 Å². The number of hydrogen-bond acceptors (Lipinski definition) is 4. The highest BCUT2D eigenvalue weighted by Crippen LogP contribution is 2.25. The lowest BCUT2D eigenvalue weighted by atomic mass is 10.1. The number of allylic oxidation sites excluding steroid dienone is 1. The molecule has 4 nitrogen and oxygen atoms in total. The van der Waals surface area contributed by atoms with E-state index < -0.39 is 12.1 Å². The summed E-state index contributed by atoms with van der Waals surface area (Å²) in [6, 6.07) is 14.0. The fraction of sp³-hybridized carbons (Fsp3) is 0.350. The Morgan fingerprint density at radius 3 is 2.64 bits per heavy atom. The van der Waals surface area contributed by atoms with E-state index in [0.29, 0.717) is 12.6 Å². The van der Waals surface area contributed by atoms with Crippen LogP contribution < -0.4 is 5.32 Å². The van der Waals surface area contributed by atoms with Crippen LogP contribution in [0.4, 0.5) is 0 Å². The van der Waals surface area contributed by atoms with E-state index in [2.05, 4.69) is 18.3 Å². The summed E-state index contributed by atoms with van der Waals surface area (Å²) in [6.45, 7) is 4.46. The number of hydrogen-bond donors (Lipinski definition) is 3. The third-order valence-corrected chi connectivity index (χ3v) is 5.34. The second-order valence-corrected chi connectivity index (χ2v) is 7.37. The van der Waals surface area contributed by atoms with E-state index in [0.717, 1.165) is 28.9 Å². The molecule has 2 aromatic rings. The first kappa shape index (κ1) is 19.4. The number of aryl methyl sites for hydroxylation is 1. The minimum absolute atomic E-state index is 0.291. The summed E-state index contributed by atoms with van der Waals surface area (Å²) in [5.74, 6) is -0.915. The van der Waals surface area contributed by atoms with Gasteiger partial charge in [0.05, 0.1) is 6.10 Å². The summed E-state index contributed by atoms with van der Waals surface area (Å²) >= 11 is 1.64. The second-order valence-electron chi connectivity index (χ2n) is 6.21. The minimum Gasteiger partial charge on any atom is -0.478 e. The molecule has 1 aromatic carbocycles. The average molecular weight is 359 g/mol. The van der Waals surface area contributed by atoms with Crippen LogP contribution in [0.1, 0.15) is 41.7 Å². The molecule has 134 valence electrons. The first-order valence-corrected chi connectivity index (χ1v) is 9.24. The quantitative estimate of drug-likeness (QED) is 0.594. The number of aliphatic hydroxyl groups is 1. The Kier molecular flexibility index (Phi) is 7.37. The third-order valence-electron chi connectivity index (χ3n) is 4.06. The van der Waals surface area contributed by atoms with E-state index in [1.54, 1.807) is 11.3 Å². The number of carboxylic acid groups (broad SMARTS) is 1. The topological polar surface area (TPSA) is 69.6 Å². The van der Waals surface area contributed by atoms with Gasteiger partial charge in [0.1, 0.15) is 0 Å². The Hall–Kier alpha value is -1.95. The summed E-state index contributed by atoms with van der Waals surface area (Å²) in [7, 11) is 0. The number of aliphatic hydroxyl groups excluding tert-OH is 1. The largest absolute Gasteiger partial charge is 0.478 e. The van der Waals surface area contributed by atoms with Gasteiger partial charge in [-0.3, -0.25) is 0 Å². The van der Waals surface area contributed by atoms with Gasteiger partial charge in [-0.15, -0.1) is 11.3 Å². The van der Waals surface area contributed by atoms with Gasteiger partial charge < -0.3 is 15.5 Å². The van der Waals surface area contributed by atoms with Crippen LogP contribution in [0, 0.1) is 0 Å². The van der Waals surface area contributed by atoms with Crippen LogP contribution in [0.15, 0.2) is 48.5 Å². The van der Waals surface area contributed by atoms with E-state index >= 15 is 0 Å². The molecule has 0 radical (unpaired) electrons. The van der Waals surface area contributed by atoms with Crippen molar-refractivity contribution in [2.75, 3.05) is 6.54 Å². The van der Waals surface area contributed by atoms with Crippen LogP contribution in [0.25, 0.3) is 5.57 Å². The van der Waals surface area contributed by atoms with Crippen molar-refractivity contribution in [2.45, 2.75) is 38.8 Å². The van der Waals surface area contributed by atoms with Crippen molar-refractivity contribution in [1.29, 1.82) is 0 Å². The number of carbonyl (C=O) groups is 1. The van der Waals surface area contributed by atoms with E-state index in [4.69, 9.17) is 5.11 Å². The van der Waals surface area contributed by atoms with Crippen molar-refractivity contribution in [3.05, 3.63) is 63.9 Å². The molecule has 0 aliphatic carbocycles. The molecule has 0 bridgehead atoms. The van der Waals surface area contributed by atoms with Crippen molar-refractivity contribution >= 4 is 22.9 Å². The standard InChI is InChI=1S/C20H25NO3S/c1-14(12-20(23)24)19-11-10-17(25-19)9-8-15(2)21-13-18(22)16-6-4-3-5-7-16/h3-7,10-12,15,18,21-22H,8-9,13H2,1-2H3,(H,23,24)/b14-12+/t15-,18+/m1/s1. The number of aliphatic carboxylic acids is 1. The number of rotatable bonds is 9. The molecule has 3 N–H and O–H groups in total. The van der Waals surface area contributed by atoms with Gasteiger partial charge in [0, 0.05) is 28.4 Å². The lowest BCUT2D eigenvalue weighted by Crippen LogP contribution is -2.30. The lowest BCUT2D eigenvalue weighted by Gasteiger charge is -2.17. The molecular formula is C20H25NO3S. The molecular weight excluding hydrogens is 334 g/mol. The molecule has 2 atom stereocenters. The molecule has 2 rings (SSSR count). The number of benzene rings is 1. The molecule has 0 spiro atoms. The normalized spacial score (nSPS) is 14.3. The molecule has 0 unspecified atom stereocenters. The Labute approximate surface area is 152 Å². The maximum absolute atomic E-state index is 10.7. The zero-order chi connectivity index (χ0) is 18.2. The Morgan fingerprint density at radius 1 is 1.24 bits per heavy atom. The van der Waals surface area contributed by atoms with Crippen LogP contribution >= 0.6 is 11.3 Å². The van der Waals surface area contributed by atoms with Crippen molar-refractivity contribution in [3.8, 4) is 0 Å². The highest BCUT2D eigenvalue weighted by atomic mass is 32.1. The summed E-state index contributed by atoms with van der Waals surface area (Å²) in [6.07, 6.45) is 2.63. The number of carboxylic acids is 1. The summed E-state index contributed by atoms with van der Waals surface area (Å²) in [4.78, 5) is 13.0. The maximum Gasteiger partial charge on any atom is 0.328 e. The molecule has 0 fully saturated rings. The fourth-order valence-corrected chi connectivity index (χ4v) is 3.54. The van der Waals surface area contributed by atoms with Gasteiger partial charge in [0.2, 0.25) is 0 Å². The summed E-state index contributed by atoms with van der Waals surface area (Å²) < 4.78 is 0. The predicted molar refractivity (Wildman–Crippen MR) is 103 cm³/mol. The molecule has 0 aliphatic rings. The summed E-state index contributed by atoms with van der Waals surface area (Å²) in [5.41, 5.74) is 1.70. The van der Waals surface area contributed by atoms with E-state index in [1.807, 2.05) is 43.3 Å². The molecule has 1 aromatic heterocycles. The summed E-state index contributed by atoms with van der Waals surface area (Å²) in [5, 5.41) is 22.4. The highest BCUT2D eigenvalue weighted by molar-refractivity contribution is 7.13. The van der Waals surface area contributed by atoms with Gasteiger partial charge in [0.15, 0.2) is 0 Å².